The second kappa shape index (κ2) is 7.06. The third-order valence-corrected chi connectivity index (χ3v) is 4.68. The van der Waals surface area contributed by atoms with Gasteiger partial charge in [0.05, 0.1) is 11.7 Å². The highest BCUT2D eigenvalue weighted by Gasteiger charge is 2.29. The molecule has 6 nitrogen and oxygen atoms in total. The summed E-state index contributed by atoms with van der Waals surface area (Å²) in [5, 5.41) is 5.14. The molecule has 3 rings (SSSR count). The molecule has 1 unspecified atom stereocenters. The van der Waals surface area contributed by atoms with E-state index in [1.807, 2.05) is 46.8 Å². The number of nitrogens with zero attached hydrogens (tertiary/aromatic N) is 4. The summed E-state index contributed by atoms with van der Waals surface area (Å²) in [6.45, 7) is 10.2. The average molecular weight is 379 g/mol. The first-order valence-corrected chi connectivity index (χ1v) is 9.63. The minimum absolute atomic E-state index is 0.230. The molecule has 2 heterocycles. The quantitative estimate of drug-likeness (QED) is 0.689. The van der Waals surface area contributed by atoms with E-state index >= 15 is 0 Å². The SMILES string of the molecule is CCCN(C(=O)OC(C)(C)C)C(C)c1cc2nc(C3CC3)cc(Cl)n2n1. The molecule has 1 aliphatic rings. The molecule has 0 bridgehead atoms. The summed E-state index contributed by atoms with van der Waals surface area (Å²) in [5.74, 6) is 0.520. The largest absolute Gasteiger partial charge is 0.444 e. The van der Waals surface area contributed by atoms with Crippen molar-refractivity contribution in [3.05, 3.63) is 28.7 Å². The van der Waals surface area contributed by atoms with Crippen molar-refractivity contribution in [1.29, 1.82) is 0 Å². The summed E-state index contributed by atoms with van der Waals surface area (Å²) in [6, 6.07) is 3.58. The Morgan fingerprint density at radius 3 is 2.69 bits per heavy atom. The number of carbonyl (C=O) groups is 1. The second-order valence-corrected chi connectivity index (χ2v) is 8.35. The van der Waals surface area contributed by atoms with E-state index in [1.54, 1.807) is 9.42 Å². The molecule has 0 aromatic carbocycles. The predicted octanol–water partition coefficient (Wildman–Crippen LogP) is 4.97. The maximum Gasteiger partial charge on any atom is 0.410 e. The molecule has 1 amide bonds. The molecule has 0 spiro atoms. The van der Waals surface area contributed by atoms with Gasteiger partial charge in [-0.05, 0) is 53.0 Å². The van der Waals surface area contributed by atoms with E-state index in [-0.39, 0.29) is 12.1 Å². The standard InChI is InChI=1S/C19H27ClN4O2/c1-6-9-23(18(25)26-19(3,4)5)12(2)14-11-17-21-15(13-7-8-13)10-16(20)24(17)22-14/h10-13H,6-9H2,1-5H3. The minimum atomic E-state index is -0.536. The summed E-state index contributed by atoms with van der Waals surface area (Å²) >= 11 is 6.40. The number of fused-ring (bicyclic) bond motifs is 1. The van der Waals surface area contributed by atoms with E-state index < -0.39 is 5.60 Å². The van der Waals surface area contributed by atoms with Crippen LogP contribution in [0.2, 0.25) is 5.15 Å². The molecular weight excluding hydrogens is 352 g/mol. The number of hydrogen-bond donors (Lipinski definition) is 0. The van der Waals surface area contributed by atoms with Crippen LogP contribution in [-0.4, -0.2) is 37.7 Å². The number of halogens is 1. The van der Waals surface area contributed by atoms with Gasteiger partial charge in [0, 0.05) is 24.2 Å². The molecule has 2 aromatic heterocycles. The minimum Gasteiger partial charge on any atom is -0.444 e. The van der Waals surface area contributed by atoms with Crippen molar-refractivity contribution in [3.8, 4) is 0 Å². The van der Waals surface area contributed by atoms with Crippen molar-refractivity contribution in [3.63, 3.8) is 0 Å². The van der Waals surface area contributed by atoms with E-state index in [9.17, 15) is 4.79 Å². The highest BCUT2D eigenvalue weighted by atomic mass is 35.5. The molecule has 0 radical (unpaired) electrons. The van der Waals surface area contributed by atoms with Crippen LogP contribution in [0.15, 0.2) is 12.1 Å². The van der Waals surface area contributed by atoms with E-state index in [0.29, 0.717) is 17.6 Å². The topological polar surface area (TPSA) is 59.7 Å². The van der Waals surface area contributed by atoms with Crippen molar-refractivity contribution in [2.45, 2.75) is 71.4 Å². The van der Waals surface area contributed by atoms with Gasteiger partial charge in [0.1, 0.15) is 10.8 Å². The summed E-state index contributed by atoms with van der Waals surface area (Å²) in [6.07, 6.45) is 2.84. The van der Waals surface area contributed by atoms with Crippen LogP contribution in [0.1, 0.15) is 77.2 Å². The van der Waals surface area contributed by atoms with Gasteiger partial charge in [0.2, 0.25) is 0 Å². The molecule has 1 fully saturated rings. The Morgan fingerprint density at radius 2 is 2.12 bits per heavy atom. The van der Waals surface area contributed by atoms with E-state index in [1.165, 1.54) is 12.8 Å². The first kappa shape index (κ1) is 19.0. The Bertz CT molecular complexity index is 808. The molecule has 1 atom stereocenters. The van der Waals surface area contributed by atoms with E-state index in [4.69, 9.17) is 21.3 Å². The third kappa shape index (κ3) is 4.11. The Morgan fingerprint density at radius 1 is 1.42 bits per heavy atom. The fraction of sp³-hybridized carbons (Fsp3) is 0.632. The van der Waals surface area contributed by atoms with Gasteiger partial charge in [-0.1, -0.05) is 18.5 Å². The van der Waals surface area contributed by atoms with E-state index in [2.05, 4.69) is 5.10 Å². The number of rotatable bonds is 5. The number of carbonyl (C=O) groups excluding carboxylic acids is 1. The van der Waals surface area contributed by atoms with Gasteiger partial charge in [-0.2, -0.15) is 5.10 Å². The first-order valence-electron chi connectivity index (χ1n) is 9.25. The van der Waals surface area contributed by atoms with Crippen molar-refractivity contribution in [2.75, 3.05) is 6.54 Å². The van der Waals surface area contributed by atoms with Crippen LogP contribution < -0.4 is 0 Å². The van der Waals surface area contributed by atoms with Gasteiger partial charge in [-0.25, -0.2) is 14.3 Å². The van der Waals surface area contributed by atoms with Crippen LogP contribution in [0.25, 0.3) is 5.65 Å². The third-order valence-electron chi connectivity index (χ3n) is 4.41. The first-order chi connectivity index (χ1) is 12.2. The maximum atomic E-state index is 12.6. The zero-order valence-electron chi connectivity index (χ0n) is 16.1. The highest BCUT2D eigenvalue weighted by molar-refractivity contribution is 6.29. The van der Waals surface area contributed by atoms with Gasteiger partial charge < -0.3 is 4.74 Å². The van der Waals surface area contributed by atoms with Gasteiger partial charge in [-0.3, -0.25) is 4.90 Å². The summed E-state index contributed by atoms with van der Waals surface area (Å²) in [5.41, 5.74) is 1.97. The number of aromatic nitrogens is 3. The Kier molecular flexibility index (Phi) is 5.15. The highest BCUT2D eigenvalue weighted by Crippen LogP contribution is 2.40. The smallest absolute Gasteiger partial charge is 0.410 e. The van der Waals surface area contributed by atoms with Crippen LogP contribution in [0.3, 0.4) is 0 Å². The van der Waals surface area contributed by atoms with Crippen LogP contribution in [0.5, 0.6) is 0 Å². The van der Waals surface area contributed by atoms with Crippen LogP contribution in [0, 0.1) is 0 Å². The normalized spacial score (nSPS) is 15.9. The lowest BCUT2D eigenvalue weighted by molar-refractivity contribution is 0.0169. The summed E-state index contributed by atoms with van der Waals surface area (Å²) in [4.78, 5) is 19.0. The fourth-order valence-corrected chi connectivity index (χ4v) is 3.17. The number of ether oxygens (including phenoxy) is 1. The lowest BCUT2D eigenvalue weighted by Gasteiger charge is -2.30. The van der Waals surface area contributed by atoms with Crippen LogP contribution >= 0.6 is 11.6 Å². The van der Waals surface area contributed by atoms with Gasteiger partial charge >= 0.3 is 6.09 Å². The molecule has 0 aliphatic heterocycles. The monoisotopic (exact) mass is 378 g/mol. The molecule has 2 aromatic rings. The Labute approximate surface area is 159 Å². The fourth-order valence-electron chi connectivity index (χ4n) is 2.93. The molecular formula is C19H27ClN4O2. The molecule has 142 valence electrons. The summed E-state index contributed by atoms with van der Waals surface area (Å²) < 4.78 is 7.20. The summed E-state index contributed by atoms with van der Waals surface area (Å²) in [7, 11) is 0. The molecule has 0 saturated heterocycles. The Balaban J connectivity index is 1.89. The van der Waals surface area contributed by atoms with Gasteiger partial charge in [-0.15, -0.1) is 0 Å². The Hall–Kier alpha value is -1.82. The predicted molar refractivity (Wildman–Crippen MR) is 102 cm³/mol. The molecule has 0 N–H and O–H groups in total. The molecule has 7 heteroatoms. The van der Waals surface area contributed by atoms with E-state index in [0.717, 1.165) is 23.5 Å². The van der Waals surface area contributed by atoms with Gasteiger partial charge in [0.25, 0.3) is 0 Å². The zero-order valence-corrected chi connectivity index (χ0v) is 16.9. The lowest BCUT2D eigenvalue weighted by Crippen LogP contribution is -2.39. The number of amides is 1. The molecule has 1 aliphatic carbocycles. The van der Waals surface area contributed by atoms with Crippen molar-refractivity contribution in [2.24, 2.45) is 0 Å². The maximum absolute atomic E-state index is 12.6. The van der Waals surface area contributed by atoms with Gasteiger partial charge in [0.15, 0.2) is 5.65 Å². The average Bonchev–Trinajstić information content (AvgIpc) is 3.29. The van der Waals surface area contributed by atoms with Crippen LogP contribution in [-0.2, 0) is 4.74 Å². The number of hydrogen-bond acceptors (Lipinski definition) is 4. The van der Waals surface area contributed by atoms with Crippen molar-refractivity contribution in [1.82, 2.24) is 19.5 Å². The second-order valence-electron chi connectivity index (χ2n) is 7.97. The van der Waals surface area contributed by atoms with Crippen molar-refractivity contribution >= 4 is 23.3 Å². The molecule has 1 saturated carbocycles. The zero-order chi connectivity index (χ0) is 19.1. The lowest BCUT2D eigenvalue weighted by atomic mass is 10.2. The van der Waals surface area contributed by atoms with Crippen molar-refractivity contribution < 1.29 is 9.53 Å². The molecule has 26 heavy (non-hydrogen) atoms. The van der Waals surface area contributed by atoms with Crippen LogP contribution in [0.4, 0.5) is 4.79 Å².